The van der Waals surface area contributed by atoms with E-state index in [-0.39, 0.29) is 18.6 Å². The lowest BCUT2D eigenvalue weighted by Crippen LogP contribution is -2.39. The molecule has 1 saturated carbocycles. The van der Waals surface area contributed by atoms with Gasteiger partial charge in [0, 0.05) is 5.57 Å². The van der Waals surface area contributed by atoms with E-state index in [1.54, 1.807) is 0 Å². The fraction of sp³-hybridized carbons (Fsp3) is 0.211. The molecule has 0 heterocycles. The van der Waals surface area contributed by atoms with E-state index in [4.69, 9.17) is 0 Å². The summed E-state index contributed by atoms with van der Waals surface area (Å²) in [5.74, 6) is -0.102. The van der Waals surface area contributed by atoms with Gasteiger partial charge in [-0.05, 0) is 52.8 Å². The van der Waals surface area contributed by atoms with E-state index in [9.17, 15) is 9.90 Å². The van der Waals surface area contributed by atoms with Crippen molar-refractivity contribution in [3.05, 3.63) is 82.0 Å². The van der Waals surface area contributed by atoms with Crippen molar-refractivity contribution in [1.29, 1.82) is 0 Å². The Morgan fingerprint density at radius 3 is 2.77 bits per heavy atom. The van der Waals surface area contributed by atoms with Crippen molar-refractivity contribution < 1.29 is 9.90 Å². The van der Waals surface area contributed by atoms with E-state index >= 15 is 0 Å². The summed E-state index contributed by atoms with van der Waals surface area (Å²) < 4.78 is 0. The highest BCUT2D eigenvalue weighted by molar-refractivity contribution is 6.02. The van der Waals surface area contributed by atoms with Crippen LogP contribution in [0, 0.1) is 0 Å². The lowest BCUT2D eigenvalue weighted by Gasteiger charge is -2.17. The highest BCUT2D eigenvalue weighted by Crippen LogP contribution is 2.51. The Hall–Kier alpha value is -2.39. The zero-order chi connectivity index (χ0) is 15.1. The lowest BCUT2D eigenvalue weighted by molar-refractivity contribution is -0.118. The standard InChI is InChI=1S/C19H17NO2/c21-11-14(8-12-4-2-1-3-5-12)20-19(22)16-7-6-15-17-9-13(17)10-18(15)16/h1-7,10,14,21H,8-9,11H2,(H,20,22)/t14-/m0/s1. The lowest BCUT2D eigenvalue weighted by atomic mass is 10.0. The first-order chi connectivity index (χ1) is 10.8. The zero-order valence-electron chi connectivity index (χ0n) is 12.2. The number of carbonyl (C=O) groups is 1. The van der Waals surface area contributed by atoms with Gasteiger partial charge in [0.25, 0.3) is 5.91 Å². The average Bonchev–Trinajstić information content (AvgIpc) is 3.02. The van der Waals surface area contributed by atoms with E-state index < -0.39 is 0 Å². The van der Waals surface area contributed by atoms with Crippen molar-refractivity contribution in [2.45, 2.75) is 18.9 Å². The second-order valence-corrected chi connectivity index (χ2v) is 5.94. The van der Waals surface area contributed by atoms with E-state index in [0.29, 0.717) is 12.0 Å². The van der Waals surface area contributed by atoms with Crippen LogP contribution in [0.2, 0.25) is 0 Å². The first kappa shape index (κ1) is 13.3. The predicted molar refractivity (Wildman–Crippen MR) is 85.1 cm³/mol. The molecule has 4 rings (SSSR count). The maximum atomic E-state index is 12.5. The van der Waals surface area contributed by atoms with Crippen molar-refractivity contribution in [3.8, 4) is 0 Å². The van der Waals surface area contributed by atoms with Crippen LogP contribution in [0.15, 0.2) is 76.4 Å². The van der Waals surface area contributed by atoms with Gasteiger partial charge in [0.2, 0.25) is 0 Å². The highest BCUT2D eigenvalue weighted by atomic mass is 16.3. The van der Waals surface area contributed by atoms with Crippen LogP contribution < -0.4 is 5.32 Å². The summed E-state index contributed by atoms with van der Waals surface area (Å²) in [6, 6.07) is 9.63. The number of hydrogen-bond acceptors (Lipinski definition) is 2. The van der Waals surface area contributed by atoms with Crippen molar-refractivity contribution >= 4 is 5.91 Å². The third kappa shape index (κ3) is 2.24. The van der Waals surface area contributed by atoms with Gasteiger partial charge >= 0.3 is 0 Å². The van der Waals surface area contributed by atoms with Crippen LogP contribution in [-0.4, -0.2) is 23.7 Å². The number of benzene rings is 1. The summed E-state index contributed by atoms with van der Waals surface area (Å²) in [5.41, 5.74) is 6.83. The molecule has 0 aromatic heterocycles. The number of carbonyl (C=O) groups excluding carboxylic acids is 1. The zero-order valence-corrected chi connectivity index (χ0v) is 12.2. The first-order valence-corrected chi connectivity index (χ1v) is 7.58. The van der Waals surface area contributed by atoms with Crippen LogP contribution in [0.4, 0.5) is 0 Å². The Labute approximate surface area is 129 Å². The largest absolute Gasteiger partial charge is 0.394 e. The molecule has 3 nitrogen and oxygen atoms in total. The van der Waals surface area contributed by atoms with Gasteiger partial charge in [0.05, 0.1) is 12.6 Å². The molecule has 1 aromatic rings. The molecule has 1 fully saturated rings. The van der Waals surface area contributed by atoms with Crippen LogP contribution in [-0.2, 0) is 11.2 Å². The topological polar surface area (TPSA) is 49.3 Å². The summed E-state index contributed by atoms with van der Waals surface area (Å²) in [4.78, 5) is 12.5. The highest BCUT2D eigenvalue weighted by Gasteiger charge is 2.35. The summed E-state index contributed by atoms with van der Waals surface area (Å²) in [5, 5.41) is 12.5. The minimum atomic E-state index is -0.267. The molecule has 0 spiro atoms. The van der Waals surface area contributed by atoms with E-state index in [2.05, 4.69) is 11.4 Å². The number of allylic oxidation sites excluding steroid dienone is 6. The van der Waals surface area contributed by atoms with Crippen molar-refractivity contribution in [1.82, 2.24) is 5.32 Å². The van der Waals surface area contributed by atoms with Crippen LogP contribution in [0.1, 0.15) is 12.0 Å². The van der Waals surface area contributed by atoms with Crippen molar-refractivity contribution in [2.75, 3.05) is 6.61 Å². The molecule has 0 aliphatic heterocycles. The third-order valence-corrected chi connectivity index (χ3v) is 4.40. The number of hydrogen-bond donors (Lipinski definition) is 2. The quantitative estimate of drug-likeness (QED) is 0.874. The molecule has 2 N–H and O–H groups in total. The molecule has 1 atom stereocenters. The van der Waals surface area contributed by atoms with E-state index in [1.807, 2.05) is 42.5 Å². The number of rotatable bonds is 5. The summed E-state index contributed by atoms with van der Waals surface area (Å²) in [6.45, 7) is -0.0675. The number of fused-ring (bicyclic) bond motifs is 2. The van der Waals surface area contributed by atoms with Gasteiger partial charge in [0.15, 0.2) is 0 Å². The van der Waals surface area contributed by atoms with Crippen molar-refractivity contribution in [3.63, 3.8) is 0 Å². The Balaban J connectivity index is 1.48. The van der Waals surface area contributed by atoms with Gasteiger partial charge in [-0.1, -0.05) is 36.4 Å². The van der Waals surface area contributed by atoms with Gasteiger partial charge in [-0.25, -0.2) is 0 Å². The Morgan fingerprint density at radius 1 is 1.18 bits per heavy atom. The molecule has 0 unspecified atom stereocenters. The Kier molecular flexibility index (Phi) is 3.09. The fourth-order valence-corrected chi connectivity index (χ4v) is 3.16. The second-order valence-electron chi connectivity index (χ2n) is 5.94. The van der Waals surface area contributed by atoms with E-state index in [1.165, 1.54) is 16.7 Å². The second kappa shape index (κ2) is 5.11. The minimum absolute atomic E-state index is 0.0675. The summed E-state index contributed by atoms with van der Waals surface area (Å²) in [7, 11) is 0. The summed E-state index contributed by atoms with van der Waals surface area (Å²) in [6.07, 6.45) is 7.73. The van der Waals surface area contributed by atoms with Crippen molar-refractivity contribution in [2.24, 2.45) is 0 Å². The molecule has 1 aromatic carbocycles. The molecular weight excluding hydrogens is 274 g/mol. The van der Waals surface area contributed by atoms with Gasteiger partial charge in [-0.3, -0.25) is 4.79 Å². The van der Waals surface area contributed by atoms with Crippen LogP contribution >= 0.6 is 0 Å². The number of nitrogens with one attached hydrogen (secondary N) is 1. The molecule has 22 heavy (non-hydrogen) atoms. The van der Waals surface area contributed by atoms with Gasteiger partial charge < -0.3 is 10.4 Å². The van der Waals surface area contributed by atoms with Gasteiger partial charge in [0.1, 0.15) is 0 Å². The smallest absolute Gasteiger partial charge is 0.252 e. The number of aliphatic hydroxyl groups excluding tert-OH is 1. The fourth-order valence-electron chi connectivity index (χ4n) is 3.16. The van der Waals surface area contributed by atoms with Crippen LogP contribution in [0.25, 0.3) is 0 Å². The third-order valence-electron chi connectivity index (χ3n) is 4.40. The Morgan fingerprint density at radius 2 is 2.00 bits per heavy atom. The molecule has 110 valence electrons. The van der Waals surface area contributed by atoms with E-state index in [0.717, 1.165) is 17.6 Å². The first-order valence-electron chi connectivity index (χ1n) is 7.58. The monoisotopic (exact) mass is 291 g/mol. The Bertz CT molecular complexity index is 766. The maximum absolute atomic E-state index is 12.5. The van der Waals surface area contributed by atoms with Gasteiger partial charge in [-0.15, -0.1) is 0 Å². The molecule has 1 amide bonds. The molecule has 3 aliphatic rings. The predicted octanol–water partition coefficient (Wildman–Crippen LogP) is 2.21. The minimum Gasteiger partial charge on any atom is -0.394 e. The molecular formula is C19H17NO2. The normalized spacial score (nSPS) is 19.0. The average molecular weight is 291 g/mol. The molecule has 3 aliphatic carbocycles. The number of aliphatic hydroxyl groups is 1. The summed E-state index contributed by atoms with van der Waals surface area (Å²) >= 11 is 0. The molecule has 3 heteroatoms. The molecule has 0 radical (unpaired) electrons. The maximum Gasteiger partial charge on any atom is 0.252 e. The SMILES string of the molecule is O=C(N[C@H](CO)Cc1ccccc1)C1=C2C=C3CC3=C2C=C1. The van der Waals surface area contributed by atoms with Gasteiger partial charge in [-0.2, -0.15) is 0 Å². The number of amides is 1. The van der Waals surface area contributed by atoms with Crippen LogP contribution in [0.5, 0.6) is 0 Å². The molecule has 0 saturated heterocycles. The van der Waals surface area contributed by atoms with Crippen LogP contribution in [0.3, 0.4) is 0 Å². The molecule has 0 bridgehead atoms.